The lowest BCUT2D eigenvalue weighted by Crippen LogP contribution is -2.39. The Kier molecular flexibility index (Phi) is 2.27. The molecule has 0 spiro atoms. The SMILES string of the molecule is OC1(Cc2c(F)cccc2F)CCC1. The van der Waals surface area contributed by atoms with Gasteiger partial charge < -0.3 is 5.11 Å². The van der Waals surface area contributed by atoms with Crippen LogP contribution in [0.1, 0.15) is 24.8 Å². The van der Waals surface area contributed by atoms with Crippen LogP contribution in [0.3, 0.4) is 0 Å². The van der Waals surface area contributed by atoms with Gasteiger partial charge in [0, 0.05) is 12.0 Å². The van der Waals surface area contributed by atoms with Crippen molar-refractivity contribution >= 4 is 0 Å². The first kappa shape index (κ1) is 9.59. The lowest BCUT2D eigenvalue weighted by molar-refractivity contribution is -0.0335. The smallest absolute Gasteiger partial charge is 0.129 e. The number of hydrogen-bond acceptors (Lipinski definition) is 1. The van der Waals surface area contributed by atoms with Crippen LogP contribution in [0.15, 0.2) is 18.2 Å². The summed E-state index contributed by atoms with van der Waals surface area (Å²) in [5, 5.41) is 9.78. The van der Waals surface area contributed by atoms with E-state index in [0.717, 1.165) is 6.42 Å². The van der Waals surface area contributed by atoms with Crippen LogP contribution in [0.25, 0.3) is 0 Å². The largest absolute Gasteiger partial charge is 0.390 e. The van der Waals surface area contributed by atoms with Crippen LogP contribution >= 0.6 is 0 Å². The van der Waals surface area contributed by atoms with E-state index in [1.54, 1.807) is 0 Å². The molecule has 0 aromatic heterocycles. The Hall–Kier alpha value is -0.960. The summed E-state index contributed by atoms with van der Waals surface area (Å²) in [5.41, 5.74) is -0.863. The van der Waals surface area contributed by atoms with Gasteiger partial charge in [-0.15, -0.1) is 0 Å². The second kappa shape index (κ2) is 3.31. The van der Waals surface area contributed by atoms with E-state index in [0.29, 0.717) is 12.8 Å². The Morgan fingerprint density at radius 3 is 2.21 bits per heavy atom. The molecule has 2 rings (SSSR count). The highest BCUT2D eigenvalue weighted by Crippen LogP contribution is 2.35. The number of rotatable bonds is 2. The van der Waals surface area contributed by atoms with Crippen LogP contribution < -0.4 is 0 Å². The molecule has 0 saturated heterocycles. The highest BCUT2D eigenvalue weighted by Gasteiger charge is 2.35. The molecule has 0 bridgehead atoms. The third-order valence-electron chi connectivity index (χ3n) is 2.85. The molecule has 76 valence electrons. The van der Waals surface area contributed by atoms with Crippen molar-refractivity contribution in [3.63, 3.8) is 0 Å². The van der Waals surface area contributed by atoms with E-state index in [9.17, 15) is 13.9 Å². The average Bonchev–Trinajstić information content (AvgIpc) is 2.09. The van der Waals surface area contributed by atoms with E-state index in [1.807, 2.05) is 0 Å². The summed E-state index contributed by atoms with van der Waals surface area (Å²) in [6.45, 7) is 0. The topological polar surface area (TPSA) is 20.2 Å². The molecule has 1 aromatic rings. The van der Waals surface area contributed by atoms with Gasteiger partial charge in [-0.1, -0.05) is 6.07 Å². The van der Waals surface area contributed by atoms with E-state index in [2.05, 4.69) is 0 Å². The van der Waals surface area contributed by atoms with Crippen molar-refractivity contribution in [1.29, 1.82) is 0 Å². The standard InChI is InChI=1S/C11H12F2O/c12-9-3-1-4-10(13)8(9)7-11(14)5-2-6-11/h1,3-4,14H,2,5-7H2. The lowest BCUT2D eigenvalue weighted by atomic mass is 9.76. The molecule has 1 aliphatic rings. The average molecular weight is 198 g/mol. The molecule has 1 aliphatic carbocycles. The quantitative estimate of drug-likeness (QED) is 0.773. The van der Waals surface area contributed by atoms with E-state index in [-0.39, 0.29) is 12.0 Å². The van der Waals surface area contributed by atoms with Crippen molar-refractivity contribution < 1.29 is 13.9 Å². The maximum absolute atomic E-state index is 13.2. The maximum atomic E-state index is 13.2. The number of benzene rings is 1. The van der Waals surface area contributed by atoms with Crippen molar-refractivity contribution in [3.8, 4) is 0 Å². The molecular formula is C11H12F2O. The molecule has 1 aromatic carbocycles. The fourth-order valence-corrected chi connectivity index (χ4v) is 1.79. The lowest BCUT2D eigenvalue weighted by Gasteiger charge is -2.36. The van der Waals surface area contributed by atoms with Gasteiger partial charge in [-0.05, 0) is 31.4 Å². The van der Waals surface area contributed by atoms with Crippen LogP contribution in [0.4, 0.5) is 8.78 Å². The summed E-state index contributed by atoms with van der Waals surface area (Å²) >= 11 is 0. The molecule has 1 N–H and O–H groups in total. The van der Waals surface area contributed by atoms with Crippen molar-refractivity contribution in [2.75, 3.05) is 0 Å². The zero-order valence-corrected chi connectivity index (χ0v) is 7.76. The molecule has 3 heteroatoms. The molecule has 0 atom stereocenters. The predicted molar refractivity (Wildman–Crippen MR) is 48.9 cm³/mol. The summed E-state index contributed by atoms with van der Waals surface area (Å²) in [5.74, 6) is -1.13. The Morgan fingerprint density at radius 1 is 1.21 bits per heavy atom. The molecule has 0 radical (unpaired) electrons. The fraction of sp³-hybridized carbons (Fsp3) is 0.455. The van der Waals surface area contributed by atoms with E-state index in [1.165, 1.54) is 18.2 Å². The van der Waals surface area contributed by atoms with E-state index < -0.39 is 17.2 Å². The minimum Gasteiger partial charge on any atom is -0.390 e. The van der Waals surface area contributed by atoms with Crippen LogP contribution in [0, 0.1) is 11.6 Å². The zero-order valence-electron chi connectivity index (χ0n) is 7.76. The summed E-state index contributed by atoms with van der Waals surface area (Å²) < 4.78 is 26.4. The van der Waals surface area contributed by atoms with Gasteiger partial charge in [-0.3, -0.25) is 0 Å². The second-order valence-electron chi connectivity index (χ2n) is 3.95. The Morgan fingerprint density at radius 2 is 1.79 bits per heavy atom. The van der Waals surface area contributed by atoms with Crippen molar-refractivity contribution in [1.82, 2.24) is 0 Å². The Balaban J connectivity index is 2.23. The van der Waals surface area contributed by atoms with Gasteiger partial charge in [0.05, 0.1) is 5.60 Å². The number of aliphatic hydroxyl groups is 1. The van der Waals surface area contributed by atoms with Crippen molar-refractivity contribution in [2.45, 2.75) is 31.3 Å². The van der Waals surface area contributed by atoms with E-state index in [4.69, 9.17) is 0 Å². The van der Waals surface area contributed by atoms with Gasteiger partial charge in [0.2, 0.25) is 0 Å². The van der Waals surface area contributed by atoms with E-state index >= 15 is 0 Å². The van der Waals surface area contributed by atoms with Gasteiger partial charge in [0.15, 0.2) is 0 Å². The Bertz CT molecular complexity index is 325. The first-order chi connectivity index (χ1) is 6.61. The predicted octanol–water partition coefficient (Wildman–Crippen LogP) is 2.42. The third kappa shape index (κ3) is 1.64. The van der Waals surface area contributed by atoms with Gasteiger partial charge in [0.1, 0.15) is 11.6 Å². The van der Waals surface area contributed by atoms with Crippen molar-refractivity contribution in [3.05, 3.63) is 35.4 Å². The minimum atomic E-state index is -0.872. The van der Waals surface area contributed by atoms with Gasteiger partial charge in [0.25, 0.3) is 0 Å². The molecule has 0 unspecified atom stereocenters. The summed E-state index contributed by atoms with van der Waals surface area (Å²) in [7, 11) is 0. The van der Waals surface area contributed by atoms with Crippen LogP contribution in [-0.4, -0.2) is 10.7 Å². The number of halogens is 2. The molecule has 0 amide bonds. The highest BCUT2D eigenvalue weighted by molar-refractivity contribution is 5.22. The highest BCUT2D eigenvalue weighted by atomic mass is 19.1. The van der Waals surface area contributed by atoms with Crippen LogP contribution in [0.2, 0.25) is 0 Å². The summed E-state index contributed by atoms with van der Waals surface area (Å²) in [6, 6.07) is 3.78. The van der Waals surface area contributed by atoms with Gasteiger partial charge in [-0.25, -0.2) is 8.78 Å². The van der Waals surface area contributed by atoms with Crippen LogP contribution in [-0.2, 0) is 6.42 Å². The summed E-state index contributed by atoms with van der Waals surface area (Å²) in [4.78, 5) is 0. The molecule has 1 saturated carbocycles. The molecular weight excluding hydrogens is 186 g/mol. The number of hydrogen-bond donors (Lipinski definition) is 1. The maximum Gasteiger partial charge on any atom is 0.129 e. The normalized spacial score (nSPS) is 19.1. The first-order valence-electron chi connectivity index (χ1n) is 4.76. The monoisotopic (exact) mass is 198 g/mol. The van der Waals surface area contributed by atoms with Gasteiger partial charge >= 0.3 is 0 Å². The molecule has 0 heterocycles. The molecule has 1 fully saturated rings. The minimum absolute atomic E-state index is 0.00898. The Labute approximate surface area is 81.4 Å². The van der Waals surface area contributed by atoms with Crippen molar-refractivity contribution in [2.24, 2.45) is 0 Å². The molecule has 0 aliphatic heterocycles. The third-order valence-corrected chi connectivity index (χ3v) is 2.85. The molecule has 1 nitrogen and oxygen atoms in total. The second-order valence-corrected chi connectivity index (χ2v) is 3.95. The van der Waals surface area contributed by atoms with Crippen LogP contribution in [0.5, 0.6) is 0 Å². The molecule has 14 heavy (non-hydrogen) atoms. The van der Waals surface area contributed by atoms with Gasteiger partial charge in [-0.2, -0.15) is 0 Å². The fourth-order valence-electron chi connectivity index (χ4n) is 1.79. The first-order valence-corrected chi connectivity index (χ1v) is 4.76. The summed E-state index contributed by atoms with van der Waals surface area (Å²) in [6.07, 6.45) is 2.31. The zero-order chi connectivity index (χ0) is 10.2.